The normalized spacial score (nSPS) is 16.4. The van der Waals surface area contributed by atoms with Crippen molar-refractivity contribution < 1.29 is 23.9 Å². The molecule has 146 valence electrons. The third kappa shape index (κ3) is 5.75. The van der Waals surface area contributed by atoms with E-state index in [2.05, 4.69) is 10.6 Å². The van der Waals surface area contributed by atoms with E-state index >= 15 is 0 Å². The Balaban J connectivity index is 1.98. The van der Waals surface area contributed by atoms with Gasteiger partial charge in [-0.25, -0.2) is 9.59 Å². The van der Waals surface area contributed by atoms with Gasteiger partial charge in [-0.3, -0.25) is 4.79 Å². The van der Waals surface area contributed by atoms with Gasteiger partial charge in [0.2, 0.25) is 0 Å². The minimum Gasteiger partial charge on any atom is -0.463 e. The highest BCUT2D eigenvalue weighted by atomic mass is 32.2. The molecule has 0 radical (unpaired) electrons. The molecule has 0 bridgehead atoms. The quantitative estimate of drug-likeness (QED) is 0.547. The van der Waals surface area contributed by atoms with E-state index in [-0.39, 0.29) is 30.2 Å². The third-order valence-corrected chi connectivity index (χ3v) is 5.05. The maximum atomic E-state index is 12.1. The third-order valence-electron chi connectivity index (χ3n) is 4.08. The summed E-state index contributed by atoms with van der Waals surface area (Å²) >= 11 is 1.37. The van der Waals surface area contributed by atoms with Crippen LogP contribution in [0.25, 0.3) is 0 Å². The molecule has 1 aliphatic heterocycles. The lowest BCUT2D eigenvalue weighted by Crippen LogP contribution is -2.50. The van der Waals surface area contributed by atoms with Crippen LogP contribution in [0.2, 0.25) is 0 Å². The second kappa shape index (κ2) is 9.45. The predicted octanol–water partition coefficient (Wildman–Crippen LogP) is 2.46. The lowest BCUT2D eigenvalue weighted by molar-refractivity contribution is -0.141. The molecule has 8 heteroatoms. The minimum atomic E-state index is -0.548. The number of esters is 2. The number of thioether (sulfide) groups is 1. The Morgan fingerprint density at radius 1 is 1.19 bits per heavy atom. The molecule has 2 rings (SSSR count). The molecule has 2 N–H and O–H groups in total. The topological polar surface area (TPSA) is 93.7 Å². The Morgan fingerprint density at radius 3 is 2.59 bits per heavy atom. The zero-order chi connectivity index (χ0) is 20.0. The fourth-order valence-corrected chi connectivity index (χ4v) is 3.33. The van der Waals surface area contributed by atoms with Crippen molar-refractivity contribution in [2.75, 3.05) is 19.0 Å². The molecule has 1 aliphatic rings. The van der Waals surface area contributed by atoms with Crippen molar-refractivity contribution >= 4 is 29.7 Å². The molecule has 0 saturated carbocycles. The van der Waals surface area contributed by atoms with Crippen LogP contribution in [0.3, 0.4) is 0 Å². The number of carbonyl (C=O) groups excluding carboxylic acids is 3. The molecule has 1 aromatic rings. The molecule has 7 nitrogen and oxygen atoms in total. The molecular weight excluding hydrogens is 368 g/mol. The average molecular weight is 392 g/mol. The van der Waals surface area contributed by atoms with Crippen molar-refractivity contribution in [2.24, 2.45) is 0 Å². The molecule has 1 atom stereocenters. The summed E-state index contributed by atoms with van der Waals surface area (Å²) in [7, 11) is 0. The molecule has 0 aromatic heterocycles. The maximum Gasteiger partial charge on any atom is 0.338 e. The Hall–Kier alpha value is -2.48. The zero-order valence-electron chi connectivity index (χ0n) is 15.9. The second-order valence-electron chi connectivity index (χ2n) is 6.13. The van der Waals surface area contributed by atoms with E-state index in [1.165, 1.54) is 17.3 Å². The Labute approximate surface area is 162 Å². The predicted molar refractivity (Wildman–Crippen MR) is 102 cm³/mol. The van der Waals surface area contributed by atoms with Crippen LogP contribution in [-0.4, -0.2) is 43.0 Å². The summed E-state index contributed by atoms with van der Waals surface area (Å²) in [6, 6.07) is 4.99. The van der Waals surface area contributed by atoms with E-state index in [4.69, 9.17) is 9.47 Å². The molecule has 0 saturated heterocycles. The van der Waals surface area contributed by atoms with Gasteiger partial charge < -0.3 is 20.1 Å². The van der Waals surface area contributed by atoms with Crippen molar-refractivity contribution in [3.8, 4) is 0 Å². The van der Waals surface area contributed by atoms with Gasteiger partial charge in [-0.1, -0.05) is 6.07 Å². The first-order valence-corrected chi connectivity index (χ1v) is 9.63. The highest BCUT2D eigenvalue weighted by Crippen LogP contribution is 2.21. The number of carbonyl (C=O) groups is 3. The lowest BCUT2D eigenvalue weighted by atomic mass is 10.0. The summed E-state index contributed by atoms with van der Waals surface area (Å²) in [5.41, 5.74) is 2.85. The number of urea groups is 1. The molecule has 1 aromatic carbocycles. The summed E-state index contributed by atoms with van der Waals surface area (Å²) in [4.78, 5) is 36.8. The van der Waals surface area contributed by atoms with Gasteiger partial charge in [-0.05, 0) is 51.0 Å². The number of hydrogen-bond donors (Lipinski definition) is 2. The smallest absolute Gasteiger partial charge is 0.338 e. The summed E-state index contributed by atoms with van der Waals surface area (Å²) in [5.74, 6) is -0.853. The van der Waals surface area contributed by atoms with Crippen LogP contribution in [0.5, 0.6) is 0 Å². The van der Waals surface area contributed by atoms with Gasteiger partial charge in [0.25, 0.3) is 0 Å². The standard InChI is InChI=1S/C19H24N2O5S/c1-5-25-18(23)17-13(4)20-19(24)21-15(17)9-26-16(22)10-27-14-7-6-11(2)12(3)8-14/h6-8,13H,5,9-10H2,1-4H3,(H2,20,21,24)/t13-/m1/s1. The lowest BCUT2D eigenvalue weighted by Gasteiger charge is -2.26. The van der Waals surface area contributed by atoms with E-state index < -0.39 is 24.0 Å². The van der Waals surface area contributed by atoms with Crippen LogP contribution in [0.15, 0.2) is 34.4 Å². The minimum absolute atomic E-state index is 0.131. The molecule has 0 aliphatic carbocycles. The molecule has 0 spiro atoms. The number of rotatable bonds is 7. The van der Waals surface area contributed by atoms with E-state index in [0.717, 1.165) is 10.5 Å². The van der Waals surface area contributed by atoms with Crippen molar-refractivity contribution in [1.29, 1.82) is 0 Å². The van der Waals surface area contributed by atoms with E-state index in [0.29, 0.717) is 0 Å². The summed E-state index contributed by atoms with van der Waals surface area (Å²) in [5, 5.41) is 5.11. The highest BCUT2D eigenvalue weighted by Gasteiger charge is 2.30. The van der Waals surface area contributed by atoms with Crippen LogP contribution in [0, 0.1) is 13.8 Å². The van der Waals surface area contributed by atoms with Gasteiger partial charge in [-0.15, -0.1) is 11.8 Å². The molecule has 2 amide bonds. The number of hydrogen-bond acceptors (Lipinski definition) is 6. The van der Waals surface area contributed by atoms with E-state index in [9.17, 15) is 14.4 Å². The van der Waals surface area contributed by atoms with Crippen LogP contribution >= 0.6 is 11.8 Å². The van der Waals surface area contributed by atoms with Gasteiger partial charge in [0.15, 0.2) is 0 Å². The molecular formula is C19H24N2O5S. The van der Waals surface area contributed by atoms with Crippen LogP contribution in [0.4, 0.5) is 4.79 Å². The summed E-state index contributed by atoms with van der Waals surface area (Å²) < 4.78 is 10.3. The highest BCUT2D eigenvalue weighted by molar-refractivity contribution is 8.00. The zero-order valence-corrected chi connectivity index (χ0v) is 16.7. The first-order chi connectivity index (χ1) is 12.8. The number of benzene rings is 1. The van der Waals surface area contributed by atoms with E-state index in [1.807, 2.05) is 32.0 Å². The van der Waals surface area contributed by atoms with Crippen molar-refractivity contribution in [2.45, 2.75) is 38.6 Å². The summed E-state index contributed by atoms with van der Waals surface area (Å²) in [6.07, 6.45) is 0. The van der Waals surface area contributed by atoms with Gasteiger partial charge >= 0.3 is 18.0 Å². The fraction of sp³-hybridized carbons (Fsp3) is 0.421. The first kappa shape index (κ1) is 20.8. The number of aryl methyl sites for hydroxylation is 2. The Morgan fingerprint density at radius 2 is 1.93 bits per heavy atom. The summed E-state index contributed by atoms with van der Waals surface area (Å²) in [6.45, 7) is 7.42. The Kier molecular flexibility index (Phi) is 7.29. The van der Waals surface area contributed by atoms with Crippen molar-refractivity contribution in [1.82, 2.24) is 10.6 Å². The van der Waals surface area contributed by atoms with Gasteiger partial charge in [-0.2, -0.15) is 0 Å². The van der Waals surface area contributed by atoms with Gasteiger partial charge in [0.1, 0.15) is 6.61 Å². The molecule has 27 heavy (non-hydrogen) atoms. The molecule has 1 heterocycles. The number of ether oxygens (including phenoxy) is 2. The Bertz CT molecular complexity index is 775. The molecule has 0 unspecified atom stereocenters. The second-order valence-corrected chi connectivity index (χ2v) is 7.18. The maximum absolute atomic E-state index is 12.1. The fourth-order valence-electron chi connectivity index (χ4n) is 2.53. The number of nitrogens with one attached hydrogen (secondary N) is 2. The molecule has 0 fully saturated rings. The monoisotopic (exact) mass is 392 g/mol. The van der Waals surface area contributed by atoms with Crippen LogP contribution in [-0.2, 0) is 19.1 Å². The van der Waals surface area contributed by atoms with Gasteiger partial charge in [0, 0.05) is 4.90 Å². The van der Waals surface area contributed by atoms with Crippen molar-refractivity contribution in [3.63, 3.8) is 0 Å². The van der Waals surface area contributed by atoms with Crippen molar-refractivity contribution in [3.05, 3.63) is 40.6 Å². The van der Waals surface area contributed by atoms with Crippen LogP contribution in [0.1, 0.15) is 25.0 Å². The van der Waals surface area contributed by atoms with Crippen LogP contribution < -0.4 is 10.6 Å². The van der Waals surface area contributed by atoms with E-state index in [1.54, 1.807) is 13.8 Å². The largest absolute Gasteiger partial charge is 0.463 e. The van der Waals surface area contributed by atoms with Gasteiger partial charge in [0.05, 0.1) is 29.7 Å². The average Bonchev–Trinajstić information content (AvgIpc) is 2.60. The first-order valence-electron chi connectivity index (χ1n) is 8.65. The number of amides is 2. The SMILES string of the molecule is CCOC(=O)C1=C(COC(=O)CSc2ccc(C)c(C)c2)NC(=O)N[C@@H]1C.